The fourth-order valence-corrected chi connectivity index (χ4v) is 6.22. The molecule has 0 bridgehead atoms. The fourth-order valence-electron chi connectivity index (χ4n) is 4.84. The van der Waals surface area contributed by atoms with Crippen LogP contribution in [0.5, 0.6) is 0 Å². The topological polar surface area (TPSA) is 114 Å². The van der Waals surface area contributed by atoms with Crippen molar-refractivity contribution in [1.82, 2.24) is 14.7 Å². The molecule has 4 rings (SSSR count). The van der Waals surface area contributed by atoms with Crippen molar-refractivity contribution in [3.63, 3.8) is 0 Å². The van der Waals surface area contributed by atoms with E-state index in [4.69, 9.17) is 9.53 Å². The molecule has 1 atom stereocenters. The van der Waals surface area contributed by atoms with Crippen molar-refractivity contribution in [1.29, 1.82) is 0 Å². The Morgan fingerprint density at radius 3 is 2.51 bits per heavy atom. The predicted octanol–water partition coefficient (Wildman–Crippen LogP) is 4.94. The van der Waals surface area contributed by atoms with Gasteiger partial charge in [-0.15, -0.1) is 0 Å². The van der Waals surface area contributed by atoms with Gasteiger partial charge in [-0.3, -0.25) is 14.8 Å². The van der Waals surface area contributed by atoms with Crippen LogP contribution in [0.3, 0.4) is 0 Å². The summed E-state index contributed by atoms with van der Waals surface area (Å²) in [5.41, 5.74) is 1.46. The monoisotopic (exact) mass is 503 g/mol. The van der Waals surface area contributed by atoms with E-state index in [1.807, 2.05) is 10.7 Å². The minimum absolute atomic E-state index is 0.0746. The Hall–Kier alpha value is -2.66. The summed E-state index contributed by atoms with van der Waals surface area (Å²) in [4.78, 5) is 26.4. The fraction of sp³-hybridized carbons (Fsp3) is 0.667. The van der Waals surface area contributed by atoms with Gasteiger partial charge in [0.15, 0.2) is 8.32 Å². The predicted molar refractivity (Wildman–Crippen MR) is 138 cm³/mol. The Morgan fingerprint density at radius 1 is 1.23 bits per heavy atom. The van der Waals surface area contributed by atoms with Crippen LogP contribution in [0.15, 0.2) is 18.3 Å². The summed E-state index contributed by atoms with van der Waals surface area (Å²) in [6.07, 6.45) is 3.35. The summed E-state index contributed by atoms with van der Waals surface area (Å²) in [6.45, 7) is 14.2. The van der Waals surface area contributed by atoms with Crippen molar-refractivity contribution in [2.45, 2.75) is 70.8 Å². The number of hydrogen-bond acceptors (Lipinski definition) is 6. The van der Waals surface area contributed by atoms with Crippen LogP contribution in [-0.2, 0) is 11.0 Å². The molecule has 0 saturated carbocycles. The first-order valence-electron chi connectivity index (χ1n) is 12.4. The molecule has 2 fully saturated rings. The van der Waals surface area contributed by atoms with Crippen LogP contribution < -0.4 is 4.90 Å². The summed E-state index contributed by atoms with van der Waals surface area (Å²) >= 11 is 0. The lowest BCUT2D eigenvalue weighted by Crippen LogP contribution is -2.44. The molecule has 1 N–H and O–H groups in total. The number of carboxylic acid groups (broad SMARTS) is 1. The van der Waals surface area contributed by atoms with E-state index in [0.29, 0.717) is 37.8 Å². The van der Waals surface area contributed by atoms with Crippen LogP contribution in [-0.4, -0.2) is 71.4 Å². The van der Waals surface area contributed by atoms with Gasteiger partial charge in [0.1, 0.15) is 5.69 Å². The number of amides is 1. The second-order valence-electron chi connectivity index (χ2n) is 11.4. The average Bonchev–Trinajstić information content (AvgIpc) is 3.39. The molecule has 0 radical (unpaired) electrons. The lowest BCUT2D eigenvalue weighted by atomic mass is 9.97. The summed E-state index contributed by atoms with van der Waals surface area (Å²) < 4.78 is 8.42. The molecule has 2 aliphatic heterocycles. The van der Waals surface area contributed by atoms with Crippen molar-refractivity contribution in [2.75, 3.05) is 31.1 Å². The summed E-state index contributed by atoms with van der Waals surface area (Å²) in [5.74, 6) is 0.291. The quantitative estimate of drug-likeness (QED) is 0.337. The number of aromatic nitrogens is 2. The van der Waals surface area contributed by atoms with E-state index < -0.39 is 14.4 Å². The van der Waals surface area contributed by atoms with Crippen LogP contribution in [0.25, 0.3) is 10.9 Å². The molecule has 1 aromatic heterocycles. The molecule has 0 aliphatic carbocycles. The molecule has 2 aromatic rings. The SMILES string of the molecule is CC(C)(C)[Si](C)(C)O[C@H]1CCN(c2cc3cnn(CC4CCN(C(=O)O)CC4)c3cc2[N+](=O)[O-])C1. The first kappa shape index (κ1) is 25.4. The van der Waals surface area contributed by atoms with Crippen molar-refractivity contribution >= 4 is 36.7 Å². The molecule has 2 aliphatic rings. The molecule has 11 heteroatoms. The molecule has 0 spiro atoms. The Kier molecular flexibility index (Phi) is 6.84. The van der Waals surface area contributed by atoms with Crippen LogP contribution >= 0.6 is 0 Å². The number of carbonyl (C=O) groups is 1. The van der Waals surface area contributed by atoms with Crippen molar-refractivity contribution in [3.05, 3.63) is 28.4 Å². The molecule has 1 amide bonds. The minimum Gasteiger partial charge on any atom is -0.465 e. The van der Waals surface area contributed by atoms with Crippen molar-refractivity contribution in [3.8, 4) is 0 Å². The van der Waals surface area contributed by atoms with E-state index in [0.717, 1.165) is 36.7 Å². The zero-order valence-corrected chi connectivity index (χ0v) is 22.4. The first-order chi connectivity index (χ1) is 16.4. The molecular formula is C24H37N5O5Si. The number of nitro benzene ring substituents is 1. The zero-order chi connectivity index (χ0) is 25.5. The highest BCUT2D eigenvalue weighted by atomic mass is 28.4. The molecule has 3 heterocycles. The minimum atomic E-state index is -1.92. The maximum absolute atomic E-state index is 12.1. The van der Waals surface area contributed by atoms with Gasteiger partial charge >= 0.3 is 6.09 Å². The maximum atomic E-state index is 12.1. The van der Waals surface area contributed by atoms with E-state index in [9.17, 15) is 14.9 Å². The van der Waals surface area contributed by atoms with E-state index in [1.165, 1.54) is 4.90 Å². The number of nitro groups is 1. The molecule has 1 aromatic carbocycles. The normalized spacial score (nSPS) is 20.1. The standard InChI is InChI=1S/C24H37N5O5Si/c1-24(2,3)35(4,5)34-19-8-11-27(16-19)21-12-18-14-25-28(20(18)13-22(21)29(32)33)15-17-6-9-26(10-7-17)23(30)31/h12-14,17,19H,6-11,15-16H2,1-5H3,(H,30,31)/t19-/m0/s1. The van der Waals surface area contributed by atoms with Crippen LogP contribution in [0.4, 0.5) is 16.2 Å². The Morgan fingerprint density at radius 2 is 1.91 bits per heavy atom. The highest BCUT2D eigenvalue weighted by Crippen LogP contribution is 2.40. The molecule has 2 saturated heterocycles. The lowest BCUT2D eigenvalue weighted by Gasteiger charge is -2.38. The number of piperidine rings is 1. The van der Waals surface area contributed by atoms with E-state index >= 15 is 0 Å². The third-order valence-corrected chi connectivity index (χ3v) is 12.5. The van der Waals surface area contributed by atoms with Crippen LogP contribution in [0.2, 0.25) is 18.1 Å². The van der Waals surface area contributed by atoms with Gasteiger partial charge in [0, 0.05) is 44.2 Å². The zero-order valence-electron chi connectivity index (χ0n) is 21.4. The van der Waals surface area contributed by atoms with Gasteiger partial charge in [0.05, 0.1) is 22.7 Å². The van der Waals surface area contributed by atoms with Gasteiger partial charge in [-0.05, 0) is 49.4 Å². The van der Waals surface area contributed by atoms with Crippen LogP contribution in [0, 0.1) is 16.0 Å². The average molecular weight is 504 g/mol. The number of benzene rings is 1. The second kappa shape index (κ2) is 9.42. The van der Waals surface area contributed by atoms with Gasteiger partial charge in [0.2, 0.25) is 0 Å². The van der Waals surface area contributed by atoms with E-state index in [1.54, 1.807) is 12.3 Å². The number of anilines is 1. The Labute approximate surface area is 207 Å². The van der Waals surface area contributed by atoms with Crippen molar-refractivity contribution < 1.29 is 19.3 Å². The number of hydrogen-bond donors (Lipinski definition) is 1. The smallest absolute Gasteiger partial charge is 0.407 e. The Balaban J connectivity index is 1.52. The number of fused-ring (bicyclic) bond motifs is 1. The van der Waals surface area contributed by atoms with Crippen molar-refractivity contribution in [2.24, 2.45) is 5.92 Å². The molecule has 192 valence electrons. The van der Waals surface area contributed by atoms with Gasteiger partial charge in [0.25, 0.3) is 5.69 Å². The maximum Gasteiger partial charge on any atom is 0.407 e. The first-order valence-corrected chi connectivity index (χ1v) is 15.3. The highest BCUT2D eigenvalue weighted by Gasteiger charge is 2.41. The van der Waals surface area contributed by atoms with Gasteiger partial charge < -0.3 is 19.3 Å². The summed E-state index contributed by atoms with van der Waals surface area (Å²) in [5, 5.41) is 26.7. The largest absolute Gasteiger partial charge is 0.465 e. The Bertz CT molecular complexity index is 1100. The highest BCUT2D eigenvalue weighted by molar-refractivity contribution is 6.74. The number of nitrogens with zero attached hydrogens (tertiary/aromatic N) is 5. The number of likely N-dealkylation sites (tertiary alicyclic amines) is 1. The summed E-state index contributed by atoms with van der Waals surface area (Å²) in [6, 6.07) is 3.53. The lowest BCUT2D eigenvalue weighted by molar-refractivity contribution is -0.384. The molecule has 10 nitrogen and oxygen atoms in total. The molecule has 35 heavy (non-hydrogen) atoms. The third-order valence-electron chi connectivity index (χ3n) is 8.00. The third kappa shape index (κ3) is 5.30. The van der Waals surface area contributed by atoms with Crippen LogP contribution in [0.1, 0.15) is 40.0 Å². The van der Waals surface area contributed by atoms with E-state index in [2.05, 4.69) is 43.9 Å². The molecule has 0 unspecified atom stereocenters. The van der Waals surface area contributed by atoms with Gasteiger partial charge in [-0.2, -0.15) is 5.10 Å². The summed E-state index contributed by atoms with van der Waals surface area (Å²) in [7, 11) is -1.92. The second-order valence-corrected chi connectivity index (χ2v) is 16.2. The molecular weight excluding hydrogens is 466 g/mol. The van der Waals surface area contributed by atoms with E-state index in [-0.39, 0.29) is 21.8 Å². The van der Waals surface area contributed by atoms with Gasteiger partial charge in [-0.25, -0.2) is 4.79 Å². The van der Waals surface area contributed by atoms with Gasteiger partial charge in [-0.1, -0.05) is 20.8 Å². The number of rotatable bonds is 6.